The molecule has 0 aromatic rings. The highest BCUT2D eigenvalue weighted by Crippen LogP contribution is 2.28. The minimum atomic E-state index is 0. The van der Waals surface area contributed by atoms with Crippen molar-refractivity contribution in [3.63, 3.8) is 0 Å². The molecule has 0 bridgehead atoms. The van der Waals surface area contributed by atoms with Gasteiger partial charge in [0.15, 0.2) is 6.29 Å². The van der Waals surface area contributed by atoms with E-state index in [-0.39, 0.29) is 43.4 Å². The van der Waals surface area contributed by atoms with Crippen LogP contribution in [0.2, 0.25) is 0 Å². The van der Waals surface area contributed by atoms with Crippen LogP contribution in [0.3, 0.4) is 0 Å². The van der Waals surface area contributed by atoms with Gasteiger partial charge in [0.2, 0.25) is 0 Å². The molecular weight excluding hydrogens is 456 g/mol. The third-order valence-electron chi connectivity index (χ3n) is 7.57. The summed E-state index contributed by atoms with van der Waals surface area (Å²) in [6.07, 6.45) is 14.9. The third-order valence-corrected chi connectivity index (χ3v) is 7.57. The fourth-order valence-corrected chi connectivity index (χ4v) is 4.56. The summed E-state index contributed by atoms with van der Waals surface area (Å²) in [4.78, 5) is 0. The van der Waals surface area contributed by atoms with Crippen LogP contribution in [0.1, 0.15) is 157 Å². The van der Waals surface area contributed by atoms with Crippen LogP contribution >= 0.6 is 0 Å². The first kappa shape index (κ1) is 46.7. The average Bonchev–Trinajstić information content (AvgIpc) is 2.78. The van der Waals surface area contributed by atoms with Crippen LogP contribution in [0.15, 0.2) is 0 Å². The molecule has 2 saturated heterocycles. The zero-order valence-electron chi connectivity index (χ0n) is 23.0. The highest BCUT2D eigenvalue weighted by atomic mass is 16.7. The van der Waals surface area contributed by atoms with E-state index in [1.165, 1.54) is 64.2 Å². The van der Waals surface area contributed by atoms with Gasteiger partial charge in [0.1, 0.15) is 0 Å². The molecule has 2 unspecified atom stereocenters. The van der Waals surface area contributed by atoms with Crippen molar-refractivity contribution in [2.24, 2.45) is 35.5 Å². The van der Waals surface area contributed by atoms with E-state index in [4.69, 9.17) is 14.2 Å². The Morgan fingerprint density at radius 1 is 0.324 bits per heavy atom. The molecule has 3 nitrogen and oxygen atoms in total. The lowest BCUT2D eigenvalue weighted by Crippen LogP contribution is -2.27. The summed E-state index contributed by atoms with van der Waals surface area (Å²) in [5.74, 6) is 5.45. The SMILES string of the molecule is C.C.C.C.C.CC1CCC(C)CC1.CC1CCC(C)CC1.CC1CCC(C)OC1.CC1COC(C)OC1. The minimum Gasteiger partial charge on any atom is -0.378 e. The molecule has 37 heavy (non-hydrogen) atoms. The van der Waals surface area contributed by atoms with Crippen LogP contribution in [0.4, 0.5) is 0 Å². The van der Waals surface area contributed by atoms with Crippen LogP contribution < -0.4 is 0 Å². The van der Waals surface area contributed by atoms with Gasteiger partial charge in [-0.05, 0) is 56.3 Å². The summed E-state index contributed by atoms with van der Waals surface area (Å²) in [6.45, 7) is 20.6. The Balaban J connectivity index is -0.000000118. The van der Waals surface area contributed by atoms with E-state index in [1.54, 1.807) is 0 Å². The lowest BCUT2D eigenvalue weighted by atomic mass is 9.84. The van der Waals surface area contributed by atoms with E-state index in [2.05, 4.69) is 48.5 Å². The molecule has 2 saturated carbocycles. The van der Waals surface area contributed by atoms with Crippen molar-refractivity contribution < 1.29 is 14.2 Å². The van der Waals surface area contributed by atoms with E-state index in [1.807, 2.05) is 6.92 Å². The Labute approximate surface area is 238 Å². The maximum Gasteiger partial charge on any atom is 0.154 e. The average molecular weight is 535 g/mol. The molecule has 4 rings (SSSR count). The zero-order chi connectivity index (χ0) is 23.9. The van der Waals surface area contributed by atoms with Gasteiger partial charge in [-0.1, -0.05) is 130 Å². The standard InChI is InChI=1S/2C8H16.C7H14O.C6H12O2.5CH4/c2*1-7-3-5-8(2)6-4-7;1-6-3-4-7(2)8-5-6;1-5-3-7-6(2)8-4-5;;;;;/h2*7-8H,3-6H2,1-2H3;6-7H,3-5H2,1-2H3;5-6H,3-4H2,1-2H3;5*1H4. The smallest absolute Gasteiger partial charge is 0.154 e. The van der Waals surface area contributed by atoms with Crippen LogP contribution in [-0.4, -0.2) is 32.2 Å². The van der Waals surface area contributed by atoms with Gasteiger partial charge in [-0.15, -0.1) is 0 Å². The second-order valence-electron chi connectivity index (χ2n) is 11.9. The van der Waals surface area contributed by atoms with Crippen molar-refractivity contribution >= 4 is 0 Å². The first-order valence-corrected chi connectivity index (χ1v) is 14.0. The first-order valence-electron chi connectivity index (χ1n) is 14.0. The molecule has 0 aromatic carbocycles. The summed E-state index contributed by atoms with van der Waals surface area (Å²) in [5, 5.41) is 0. The van der Waals surface area contributed by atoms with Crippen LogP contribution in [0.5, 0.6) is 0 Å². The molecule has 0 amide bonds. The van der Waals surface area contributed by atoms with Gasteiger partial charge in [-0.3, -0.25) is 0 Å². The van der Waals surface area contributed by atoms with E-state index in [0.717, 1.165) is 49.4 Å². The molecule has 232 valence electrons. The summed E-state index contributed by atoms with van der Waals surface area (Å²) >= 11 is 0. The third kappa shape index (κ3) is 25.9. The fourth-order valence-electron chi connectivity index (χ4n) is 4.56. The lowest BCUT2D eigenvalue weighted by molar-refractivity contribution is -0.187. The molecule has 0 aromatic heterocycles. The molecule has 4 aliphatic rings. The van der Waals surface area contributed by atoms with Crippen molar-refractivity contribution in [2.45, 2.75) is 169 Å². The number of hydrogen-bond acceptors (Lipinski definition) is 3. The second kappa shape index (κ2) is 27.4. The molecule has 2 heterocycles. The van der Waals surface area contributed by atoms with E-state index >= 15 is 0 Å². The maximum absolute atomic E-state index is 5.39. The normalized spacial score (nSPS) is 34.4. The van der Waals surface area contributed by atoms with Crippen molar-refractivity contribution in [3.05, 3.63) is 0 Å². The molecular formula is C34H78O3. The van der Waals surface area contributed by atoms with Gasteiger partial charge in [0.05, 0.1) is 19.3 Å². The van der Waals surface area contributed by atoms with Crippen LogP contribution in [0.25, 0.3) is 0 Å². The predicted molar refractivity (Wildman–Crippen MR) is 172 cm³/mol. The van der Waals surface area contributed by atoms with Gasteiger partial charge < -0.3 is 14.2 Å². The molecule has 2 atom stereocenters. The van der Waals surface area contributed by atoms with Crippen molar-refractivity contribution in [2.75, 3.05) is 19.8 Å². The molecule has 0 spiro atoms. The first-order chi connectivity index (χ1) is 15.2. The van der Waals surface area contributed by atoms with E-state index in [0.29, 0.717) is 12.0 Å². The Kier molecular flexibility index (Phi) is 34.7. The Bertz CT molecular complexity index is 289. The van der Waals surface area contributed by atoms with Gasteiger partial charge >= 0.3 is 0 Å². The predicted octanol–water partition coefficient (Wildman–Crippen LogP) is 11.7. The summed E-state index contributed by atoms with van der Waals surface area (Å²) < 4.78 is 15.7. The number of ether oxygens (including phenoxy) is 3. The van der Waals surface area contributed by atoms with Gasteiger partial charge in [-0.2, -0.15) is 0 Å². The monoisotopic (exact) mass is 535 g/mol. The Hall–Kier alpha value is -0.120. The molecule has 0 radical (unpaired) electrons. The summed E-state index contributed by atoms with van der Waals surface area (Å²) in [7, 11) is 0. The highest BCUT2D eigenvalue weighted by Gasteiger charge is 2.15. The topological polar surface area (TPSA) is 27.7 Å². The van der Waals surface area contributed by atoms with Crippen LogP contribution in [-0.2, 0) is 14.2 Å². The largest absolute Gasteiger partial charge is 0.378 e. The maximum atomic E-state index is 5.39. The van der Waals surface area contributed by atoms with Crippen molar-refractivity contribution in [1.29, 1.82) is 0 Å². The molecule has 3 heteroatoms. The summed E-state index contributed by atoms with van der Waals surface area (Å²) in [6, 6.07) is 0. The lowest BCUT2D eigenvalue weighted by Gasteiger charge is -2.24. The summed E-state index contributed by atoms with van der Waals surface area (Å²) in [5.41, 5.74) is 0. The molecule has 4 fully saturated rings. The quantitative estimate of drug-likeness (QED) is 0.309. The molecule has 2 aliphatic heterocycles. The van der Waals surface area contributed by atoms with Crippen LogP contribution in [0, 0.1) is 35.5 Å². The van der Waals surface area contributed by atoms with Gasteiger partial charge in [-0.25, -0.2) is 0 Å². The molecule has 2 aliphatic carbocycles. The highest BCUT2D eigenvalue weighted by molar-refractivity contribution is 4.66. The Morgan fingerprint density at radius 3 is 0.811 bits per heavy atom. The van der Waals surface area contributed by atoms with E-state index in [9.17, 15) is 0 Å². The van der Waals surface area contributed by atoms with Gasteiger partial charge in [0, 0.05) is 12.5 Å². The Morgan fingerprint density at radius 2 is 0.595 bits per heavy atom. The number of rotatable bonds is 0. The molecule has 0 N–H and O–H groups in total. The second-order valence-corrected chi connectivity index (χ2v) is 11.9. The van der Waals surface area contributed by atoms with Crippen molar-refractivity contribution in [3.8, 4) is 0 Å². The zero-order valence-corrected chi connectivity index (χ0v) is 23.0. The minimum absolute atomic E-state index is 0. The van der Waals surface area contributed by atoms with Gasteiger partial charge in [0.25, 0.3) is 0 Å². The van der Waals surface area contributed by atoms with Crippen molar-refractivity contribution in [1.82, 2.24) is 0 Å². The fraction of sp³-hybridized carbons (Fsp3) is 1.00. The number of hydrogen-bond donors (Lipinski definition) is 0. The van der Waals surface area contributed by atoms with E-state index < -0.39 is 0 Å².